The van der Waals surface area contributed by atoms with Gasteiger partial charge in [-0.15, -0.1) is 0 Å². The molecular weight excluding hydrogens is 288 g/mol. The van der Waals surface area contributed by atoms with E-state index < -0.39 is 0 Å². The highest BCUT2D eigenvalue weighted by atomic mass is 16.6. The first-order valence-corrected chi connectivity index (χ1v) is 8.68. The smallest absolute Gasteiger partial charge is 0.0856 e. The number of allylic oxidation sites excluding steroid dienone is 4. The van der Waals surface area contributed by atoms with Crippen molar-refractivity contribution in [2.45, 2.75) is 51.1 Å². The van der Waals surface area contributed by atoms with E-state index in [-0.39, 0.29) is 23.0 Å². The van der Waals surface area contributed by atoms with Crippen LogP contribution in [0.5, 0.6) is 0 Å². The third-order valence-electron chi connectivity index (χ3n) is 5.48. The van der Waals surface area contributed by atoms with Crippen molar-refractivity contribution in [3.63, 3.8) is 0 Å². The Labute approximate surface area is 138 Å². The summed E-state index contributed by atoms with van der Waals surface area (Å²) in [6, 6.07) is 0. The molecule has 0 N–H and O–H groups in total. The van der Waals surface area contributed by atoms with Crippen molar-refractivity contribution in [2.24, 2.45) is 10.8 Å². The number of rotatable bonds is 6. The zero-order valence-electron chi connectivity index (χ0n) is 14.0. The Morgan fingerprint density at radius 3 is 1.65 bits per heavy atom. The summed E-state index contributed by atoms with van der Waals surface area (Å²) in [5.74, 6) is 0. The Morgan fingerprint density at radius 1 is 0.826 bits per heavy atom. The van der Waals surface area contributed by atoms with Crippen LogP contribution >= 0.6 is 0 Å². The summed E-state index contributed by atoms with van der Waals surface area (Å²) in [4.78, 5) is 0. The van der Waals surface area contributed by atoms with Gasteiger partial charge in [-0.25, -0.2) is 0 Å². The molecule has 2 aliphatic carbocycles. The van der Waals surface area contributed by atoms with Crippen molar-refractivity contribution >= 4 is 0 Å². The molecule has 3 nitrogen and oxygen atoms in total. The van der Waals surface area contributed by atoms with Crippen molar-refractivity contribution in [1.82, 2.24) is 0 Å². The minimum atomic E-state index is 0.00189. The summed E-state index contributed by atoms with van der Waals surface area (Å²) < 4.78 is 17.6. The molecule has 2 aliphatic heterocycles. The highest BCUT2D eigenvalue weighted by Gasteiger charge is 2.44. The minimum Gasteiger partial charge on any atom is -0.373 e. The molecule has 0 aromatic rings. The molecule has 4 rings (SSSR count). The summed E-state index contributed by atoms with van der Waals surface area (Å²) in [5.41, 5.74) is 0.00379. The monoisotopic (exact) mass is 314 g/mol. The van der Waals surface area contributed by atoms with E-state index in [0.717, 1.165) is 26.1 Å². The van der Waals surface area contributed by atoms with Crippen LogP contribution in [0.15, 0.2) is 48.6 Å². The molecule has 2 heterocycles. The Bertz CT molecular complexity index is 517. The topological polar surface area (TPSA) is 34.3 Å². The molecule has 0 bridgehead atoms. The molecule has 0 aromatic heterocycles. The predicted molar refractivity (Wildman–Crippen MR) is 90.1 cm³/mol. The molecule has 4 aliphatic rings. The fourth-order valence-corrected chi connectivity index (χ4v) is 3.79. The summed E-state index contributed by atoms with van der Waals surface area (Å²) >= 11 is 0. The van der Waals surface area contributed by atoms with Crippen LogP contribution in [0.4, 0.5) is 0 Å². The maximum Gasteiger partial charge on any atom is 0.0856 e. The lowest BCUT2D eigenvalue weighted by atomic mass is 9.75. The Hall–Kier alpha value is -1.16. The summed E-state index contributed by atoms with van der Waals surface area (Å²) in [6.07, 6.45) is 20.4. The van der Waals surface area contributed by atoms with E-state index in [2.05, 4.69) is 62.5 Å². The van der Waals surface area contributed by atoms with E-state index in [1.807, 2.05) is 0 Å². The molecule has 0 spiro atoms. The Kier molecular flexibility index (Phi) is 3.83. The van der Waals surface area contributed by atoms with Gasteiger partial charge in [-0.1, -0.05) is 62.5 Å². The van der Waals surface area contributed by atoms with E-state index in [1.54, 1.807) is 0 Å². The minimum absolute atomic E-state index is 0.00189. The third-order valence-corrected chi connectivity index (χ3v) is 5.48. The lowest BCUT2D eigenvalue weighted by molar-refractivity contribution is -0.0621. The first-order chi connectivity index (χ1) is 11.1. The molecule has 2 fully saturated rings. The van der Waals surface area contributed by atoms with Crippen molar-refractivity contribution in [1.29, 1.82) is 0 Å². The first-order valence-electron chi connectivity index (χ1n) is 8.68. The molecule has 0 amide bonds. The van der Waals surface area contributed by atoms with Gasteiger partial charge in [-0.2, -0.15) is 0 Å². The van der Waals surface area contributed by atoms with Crippen LogP contribution in [0.3, 0.4) is 0 Å². The van der Waals surface area contributed by atoms with E-state index in [4.69, 9.17) is 14.2 Å². The maximum absolute atomic E-state index is 6.63. The first kappa shape index (κ1) is 15.4. The second-order valence-corrected chi connectivity index (χ2v) is 7.80. The second-order valence-electron chi connectivity index (χ2n) is 7.80. The quantitative estimate of drug-likeness (QED) is 0.703. The van der Waals surface area contributed by atoms with Crippen LogP contribution in [0.1, 0.15) is 26.7 Å². The van der Waals surface area contributed by atoms with Crippen LogP contribution in [-0.2, 0) is 14.2 Å². The Morgan fingerprint density at radius 2 is 1.26 bits per heavy atom. The molecule has 124 valence electrons. The van der Waals surface area contributed by atoms with Crippen molar-refractivity contribution in [3.05, 3.63) is 48.6 Å². The second kappa shape index (κ2) is 5.73. The normalized spacial score (nSPS) is 47.0. The van der Waals surface area contributed by atoms with Crippen molar-refractivity contribution in [3.8, 4) is 0 Å². The van der Waals surface area contributed by atoms with Gasteiger partial charge in [0.2, 0.25) is 0 Å². The highest BCUT2D eigenvalue weighted by molar-refractivity contribution is 5.24. The average Bonchev–Trinajstić information content (AvgIpc) is 3.41. The van der Waals surface area contributed by atoms with E-state index >= 15 is 0 Å². The molecule has 6 atom stereocenters. The lowest BCUT2D eigenvalue weighted by Gasteiger charge is -2.42. The third kappa shape index (κ3) is 3.37. The van der Waals surface area contributed by atoms with Crippen LogP contribution in [0.2, 0.25) is 0 Å². The number of ether oxygens (including phenoxy) is 3. The van der Waals surface area contributed by atoms with Gasteiger partial charge in [0.05, 0.1) is 37.6 Å². The number of hydrogen-bond donors (Lipinski definition) is 0. The zero-order chi connectivity index (χ0) is 15.9. The van der Waals surface area contributed by atoms with E-state index in [9.17, 15) is 0 Å². The summed E-state index contributed by atoms with van der Waals surface area (Å²) in [6.45, 7) is 6.34. The standard InChI is InChI=1S/C20H26O3/c1-19(11-15-13-21-15)9-5-3-7-17(19)23-18-8-4-6-10-20(18,2)12-16-14-22-16/h3-10,15-18H,11-14H2,1-2H3. The summed E-state index contributed by atoms with van der Waals surface area (Å²) in [5, 5.41) is 0. The van der Waals surface area contributed by atoms with Crippen molar-refractivity contribution < 1.29 is 14.2 Å². The molecule has 6 unspecified atom stereocenters. The number of hydrogen-bond acceptors (Lipinski definition) is 3. The van der Waals surface area contributed by atoms with Gasteiger partial charge in [0.25, 0.3) is 0 Å². The van der Waals surface area contributed by atoms with Crippen LogP contribution in [0, 0.1) is 10.8 Å². The summed E-state index contributed by atoms with van der Waals surface area (Å²) in [7, 11) is 0. The number of epoxide rings is 2. The van der Waals surface area contributed by atoms with Gasteiger partial charge in [0.15, 0.2) is 0 Å². The van der Waals surface area contributed by atoms with Gasteiger partial charge in [0, 0.05) is 10.8 Å². The van der Waals surface area contributed by atoms with Gasteiger partial charge in [-0.3, -0.25) is 0 Å². The van der Waals surface area contributed by atoms with Gasteiger partial charge >= 0.3 is 0 Å². The van der Waals surface area contributed by atoms with Gasteiger partial charge in [0.1, 0.15) is 0 Å². The molecule has 23 heavy (non-hydrogen) atoms. The van der Waals surface area contributed by atoms with Crippen LogP contribution in [-0.4, -0.2) is 37.6 Å². The van der Waals surface area contributed by atoms with Gasteiger partial charge < -0.3 is 14.2 Å². The SMILES string of the molecule is CC1(CC2CO2)C=CC=CC1OC1C=CC=CC1(C)CC1CO1. The zero-order valence-corrected chi connectivity index (χ0v) is 14.0. The highest BCUT2D eigenvalue weighted by Crippen LogP contribution is 2.43. The average molecular weight is 314 g/mol. The fourth-order valence-electron chi connectivity index (χ4n) is 3.79. The molecule has 0 saturated carbocycles. The predicted octanol–water partition coefficient (Wildman–Crippen LogP) is 3.58. The molecular formula is C20H26O3. The van der Waals surface area contributed by atoms with E-state index in [0.29, 0.717) is 12.2 Å². The fraction of sp³-hybridized carbons (Fsp3) is 0.600. The Balaban J connectivity index is 1.50. The molecule has 2 saturated heterocycles. The van der Waals surface area contributed by atoms with Crippen LogP contribution in [0.25, 0.3) is 0 Å². The molecule has 3 heteroatoms. The largest absolute Gasteiger partial charge is 0.373 e. The van der Waals surface area contributed by atoms with E-state index in [1.165, 1.54) is 0 Å². The lowest BCUT2D eigenvalue weighted by Crippen LogP contribution is -2.42. The molecule has 0 aromatic carbocycles. The van der Waals surface area contributed by atoms with Gasteiger partial charge in [-0.05, 0) is 12.8 Å². The maximum atomic E-state index is 6.63. The van der Waals surface area contributed by atoms with Crippen LogP contribution < -0.4 is 0 Å². The molecule has 0 radical (unpaired) electrons. The van der Waals surface area contributed by atoms with Crippen molar-refractivity contribution in [2.75, 3.05) is 13.2 Å².